The molecule has 12 heavy (non-hydrogen) atoms. The summed E-state index contributed by atoms with van der Waals surface area (Å²) >= 11 is 0. The molecule has 1 rings (SSSR count). The van der Waals surface area contributed by atoms with Crippen LogP contribution in [0.1, 0.15) is 6.42 Å². The second-order valence-corrected chi connectivity index (χ2v) is 2.39. The van der Waals surface area contributed by atoms with Crippen LogP contribution in [0.3, 0.4) is 0 Å². The van der Waals surface area contributed by atoms with Crippen LogP contribution in [0.5, 0.6) is 0 Å². The fourth-order valence-corrected chi connectivity index (χ4v) is 0.781. The van der Waals surface area contributed by atoms with Gasteiger partial charge in [-0.3, -0.25) is 9.89 Å². The van der Waals surface area contributed by atoms with Gasteiger partial charge >= 0.3 is 0 Å². The van der Waals surface area contributed by atoms with Crippen molar-refractivity contribution >= 4 is 11.6 Å². The number of carbonyl (C=O) groups is 1. The van der Waals surface area contributed by atoms with Crippen LogP contribution >= 0.6 is 0 Å². The highest BCUT2D eigenvalue weighted by Gasteiger charge is 2.00. The van der Waals surface area contributed by atoms with Crippen LogP contribution in [0.25, 0.3) is 0 Å². The van der Waals surface area contributed by atoms with Crippen LogP contribution in [0, 0.1) is 0 Å². The number of aromatic nitrogens is 2. The summed E-state index contributed by atoms with van der Waals surface area (Å²) < 4.78 is 0. The van der Waals surface area contributed by atoms with Crippen molar-refractivity contribution in [2.24, 2.45) is 0 Å². The summed E-state index contributed by atoms with van der Waals surface area (Å²) in [5, 5.41) is 11.9. The lowest BCUT2D eigenvalue weighted by Crippen LogP contribution is -2.18. The van der Waals surface area contributed by atoms with Gasteiger partial charge in [-0.15, -0.1) is 0 Å². The third kappa shape index (κ3) is 2.71. The van der Waals surface area contributed by atoms with Gasteiger partial charge in [-0.2, -0.15) is 5.10 Å². The molecule has 0 aromatic carbocycles. The Kier molecular flexibility index (Phi) is 3.28. The largest absolute Gasteiger partial charge is 0.323 e. The average Bonchev–Trinajstić information content (AvgIpc) is 2.53. The molecule has 5 heteroatoms. The predicted molar refractivity (Wildman–Crippen MR) is 45.8 cm³/mol. The number of carbonyl (C=O) groups excluding carboxylic acids is 1. The zero-order valence-electron chi connectivity index (χ0n) is 6.92. The number of amides is 1. The Labute approximate surface area is 70.5 Å². The summed E-state index contributed by atoms with van der Waals surface area (Å²) in [6, 6.07) is 0. The summed E-state index contributed by atoms with van der Waals surface area (Å²) in [7, 11) is 1.81. The van der Waals surface area contributed by atoms with E-state index in [2.05, 4.69) is 20.8 Å². The number of hydrogen-bond acceptors (Lipinski definition) is 3. The van der Waals surface area contributed by atoms with Crippen molar-refractivity contribution in [3.05, 3.63) is 12.4 Å². The number of anilines is 1. The average molecular weight is 168 g/mol. The molecular formula is C7H12N4O. The minimum absolute atomic E-state index is 0.00856. The Morgan fingerprint density at radius 3 is 3.17 bits per heavy atom. The van der Waals surface area contributed by atoms with Crippen molar-refractivity contribution in [2.45, 2.75) is 6.42 Å². The van der Waals surface area contributed by atoms with Crippen LogP contribution in [0.2, 0.25) is 0 Å². The molecule has 3 N–H and O–H groups in total. The maximum Gasteiger partial charge on any atom is 0.225 e. The maximum absolute atomic E-state index is 11.1. The molecule has 0 radical (unpaired) electrons. The van der Waals surface area contributed by atoms with Crippen molar-refractivity contribution in [1.82, 2.24) is 15.5 Å². The summed E-state index contributed by atoms with van der Waals surface area (Å²) in [5.74, 6) is -0.00856. The monoisotopic (exact) mass is 168 g/mol. The zero-order valence-corrected chi connectivity index (χ0v) is 6.92. The number of aromatic amines is 1. The van der Waals surface area contributed by atoms with Gasteiger partial charge in [-0.05, 0) is 7.05 Å². The van der Waals surface area contributed by atoms with E-state index in [9.17, 15) is 4.79 Å². The zero-order chi connectivity index (χ0) is 8.81. The molecular weight excluding hydrogens is 156 g/mol. The third-order valence-corrected chi connectivity index (χ3v) is 1.38. The van der Waals surface area contributed by atoms with Crippen molar-refractivity contribution in [3.8, 4) is 0 Å². The molecule has 0 aliphatic rings. The van der Waals surface area contributed by atoms with E-state index in [1.165, 1.54) is 0 Å². The molecule has 0 spiro atoms. The Morgan fingerprint density at radius 2 is 2.58 bits per heavy atom. The first-order chi connectivity index (χ1) is 5.83. The number of rotatable bonds is 4. The Morgan fingerprint density at radius 1 is 1.75 bits per heavy atom. The summed E-state index contributed by atoms with van der Waals surface area (Å²) in [6.07, 6.45) is 3.68. The highest BCUT2D eigenvalue weighted by Crippen LogP contribution is 2.00. The van der Waals surface area contributed by atoms with E-state index < -0.39 is 0 Å². The van der Waals surface area contributed by atoms with Gasteiger partial charge in [0.1, 0.15) is 0 Å². The van der Waals surface area contributed by atoms with Gasteiger partial charge in [0.15, 0.2) is 0 Å². The molecule has 0 fully saturated rings. The second-order valence-electron chi connectivity index (χ2n) is 2.39. The number of nitrogens with one attached hydrogen (secondary N) is 3. The molecule has 0 saturated carbocycles. The molecule has 1 aromatic heterocycles. The number of hydrogen-bond donors (Lipinski definition) is 3. The molecule has 1 aromatic rings. The van der Waals surface area contributed by atoms with Crippen molar-refractivity contribution < 1.29 is 4.79 Å². The SMILES string of the molecule is CNCCC(=O)Nc1cn[nH]c1. The van der Waals surface area contributed by atoms with E-state index in [0.717, 1.165) is 0 Å². The highest BCUT2D eigenvalue weighted by molar-refractivity contribution is 5.90. The van der Waals surface area contributed by atoms with Crippen LogP contribution in [-0.2, 0) is 4.79 Å². The van der Waals surface area contributed by atoms with Crippen LogP contribution in [-0.4, -0.2) is 29.7 Å². The Balaban J connectivity index is 2.27. The fourth-order valence-electron chi connectivity index (χ4n) is 0.781. The lowest BCUT2D eigenvalue weighted by Gasteiger charge is -2.00. The van der Waals surface area contributed by atoms with E-state index >= 15 is 0 Å². The molecule has 5 nitrogen and oxygen atoms in total. The molecule has 66 valence electrons. The Bertz CT molecular complexity index is 232. The lowest BCUT2D eigenvalue weighted by atomic mass is 10.4. The topological polar surface area (TPSA) is 69.8 Å². The molecule has 1 heterocycles. The van der Waals surface area contributed by atoms with Gasteiger partial charge in [0.25, 0.3) is 0 Å². The quantitative estimate of drug-likeness (QED) is 0.590. The van der Waals surface area contributed by atoms with E-state index in [-0.39, 0.29) is 5.91 Å². The van der Waals surface area contributed by atoms with Gasteiger partial charge in [0.2, 0.25) is 5.91 Å². The summed E-state index contributed by atoms with van der Waals surface area (Å²) in [4.78, 5) is 11.1. The number of nitrogens with zero attached hydrogens (tertiary/aromatic N) is 1. The molecule has 1 amide bonds. The van der Waals surface area contributed by atoms with Crippen LogP contribution in [0.15, 0.2) is 12.4 Å². The standard InChI is InChI=1S/C7H12N4O/c1-8-3-2-7(12)11-6-4-9-10-5-6/h4-5,8H,2-3H2,1H3,(H,9,10)(H,11,12). The molecule has 0 aliphatic heterocycles. The summed E-state index contributed by atoms with van der Waals surface area (Å²) in [6.45, 7) is 0.684. The first-order valence-electron chi connectivity index (χ1n) is 3.76. The summed E-state index contributed by atoms with van der Waals surface area (Å²) in [5.41, 5.74) is 0.705. The van der Waals surface area contributed by atoms with Gasteiger partial charge in [0, 0.05) is 19.2 Å². The molecule has 0 saturated heterocycles. The third-order valence-electron chi connectivity index (χ3n) is 1.38. The van der Waals surface area contributed by atoms with Crippen molar-refractivity contribution in [3.63, 3.8) is 0 Å². The Hall–Kier alpha value is -1.36. The molecule has 0 unspecified atom stereocenters. The first kappa shape index (κ1) is 8.73. The van der Waals surface area contributed by atoms with Crippen LogP contribution in [0.4, 0.5) is 5.69 Å². The highest BCUT2D eigenvalue weighted by atomic mass is 16.1. The van der Waals surface area contributed by atoms with Gasteiger partial charge in [0.05, 0.1) is 11.9 Å². The van der Waals surface area contributed by atoms with Gasteiger partial charge in [-0.25, -0.2) is 0 Å². The minimum atomic E-state index is -0.00856. The molecule has 0 aliphatic carbocycles. The van der Waals surface area contributed by atoms with E-state index in [4.69, 9.17) is 0 Å². The number of H-pyrrole nitrogens is 1. The lowest BCUT2D eigenvalue weighted by molar-refractivity contribution is -0.116. The molecule has 0 bridgehead atoms. The van der Waals surface area contributed by atoms with E-state index in [0.29, 0.717) is 18.7 Å². The normalized spacial score (nSPS) is 9.75. The predicted octanol–water partition coefficient (Wildman–Crippen LogP) is -0.0423. The van der Waals surface area contributed by atoms with E-state index in [1.807, 2.05) is 7.05 Å². The van der Waals surface area contributed by atoms with E-state index in [1.54, 1.807) is 12.4 Å². The molecule has 0 atom stereocenters. The maximum atomic E-state index is 11.1. The van der Waals surface area contributed by atoms with Crippen molar-refractivity contribution in [1.29, 1.82) is 0 Å². The van der Waals surface area contributed by atoms with Crippen LogP contribution < -0.4 is 10.6 Å². The van der Waals surface area contributed by atoms with Gasteiger partial charge < -0.3 is 10.6 Å². The van der Waals surface area contributed by atoms with Crippen molar-refractivity contribution in [2.75, 3.05) is 18.9 Å². The minimum Gasteiger partial charge on any atom is -0.323 e. The first-order valence-corrected chi connectivity index (χ1v) is 3.76. The second kappa shape index (κ2) is 4.50. The smallest absolute Gasteiger partial charge is 0.225 e. The van der Waals surface area contributed by atoms with Gasteiger partial charge in [-0.1, -0.05) is 0 Å². The fraction of sp³-hybridized carbons (Fsp3) is 0.429.